The average Bonchev–Trinajstić information content (AvgIpc) is 3.14. The Bertz CT molecular complexity index is 1140. The van der Waals surface area contributed by atoms with Crippen LogP contribution in [0.15, 0.2) is 64.7 Å². The number of hydrogen-bond donors (Lipinski definition) is 1. The van der Waals surface area contributed by atoms with Crippen LogP contribution in [0.3, 0.4) is 0 Å². The van der Waals surface area contributed by atoms with Gasteiger partial charge in [0.2, 0.25) is 0 Å². The van der Waals surface area contributed by atoms with Gasteiger partial charge < -0.3 is 10.2 Å². The predicted molar refractivity (Wildman–Crippen MR) is 132 cm³/mol. The number of aryl methyl sites for hydroxylation is 1. The largest absolute Gasteiger partial charge is 0.360 e. The van der Waals surface area contributed by atoms with Crippen LogP contribution in [0.5, 0.6) is 0 Å². The molecular formula is C27H30N5OU-. The van der Waals surface area contributed by atoms with E-state index < -0.39 is 0 Å². The summed E-state index contributed by atoms with van der Waals surface area (Å²) in [7, 11) is 0. The third kappa shape index (κ3) is 4.61. The number of rotatable bonds is 3. The van der Waals surface area contributed by atoms with Gasteiger partial charge in [0.25, 0.3) is 0 Å². The first kappa shape index (κ1) is 24.8. The Morgan fingerprint density at radius 2 is 1.97 bits per heavy atom. The Morgan fingerprint density at radius 1 is 1.21 bits per heavy atom. The predicted octanol–water partition coefficient (Wildman–Crippen LogP) is 4.10. The van der Waals surface area contributed by atoms with Crippen LogP contribution in [0, 0.1) is 50.0 Å². The van der Waals surface area contributed by atoms with E-state index in [4.69, 9.17) is 10.1 Å². The average molecular weight is 679 g/mol. The number of amidine groups is 1. The van der Waals surface area contributed by atoms with E-state index in [0.717, 1.165) is 24.4 Å². The summed E-state index contributed by atoms with van der Waals surface area (Å²) in [5.74, 6) is 1.20. The Kier molecular flexibility index (Phi) is 7.35. The van der Waals surface area contributed by atoms with E-state index in [-0.39, 0.29) is 54.6 Å². The van der Waals surface area contributed by atoms with Crippen molar-refractivity contribution < 1.29 is 35.9 Å². The summed E-state index contributed by atoms with van der Waals surface area (Å²) in [6.07, 6.45) is 5.80. The van der Waals surface area contributed by atoms with Crippen LogP contribution in [0.1, 0.15) is 48.2 Å². The molecule has 174 valence electrons. The molecule has 3 aliphatic heterocycles. The first-order chi connectivity index (χ1) is 16.0. The van der Waals surface area contributed by atoms with Crippen molar-refractivity contribution in [3.05, 3.63) is 77.4 Å². The molecule has 0 radical (unpaired) electrons. The van der Waals surface area contributed by atoms with Crippen molar-refractivity contribution in [2.45, 2.75) is 45.3 Å². The first-order valence-electron chi connectivity index (χ1n) is 11.7. The first-order valence-corrected chi connectivity index (χ1v) is 11.7. The number of aliphatic imine (C=N–C) groups is 1. The molecule has 0 spiro atoms. The maximum absolute atomic E-state index is 12.8. The maximum atomic E-state index is 12.8. The van der Waals surface area contributed by atoms with Gasteiger partial charge in [-0.15, -0.1) is 0 Å². The van der Waals surface area contributed by atoms with E-state index in [1.54, 1.807) is 6.07 Å². The fourth-order valence-electron chi connectivity index (χ4n) is 4.79. The molecule has 34 heavy (non-hydrogen) atoms. The van der Waals surface area contributed by atoms with Gasteiger partial charge in [0.05, 0.1) is 6.04 Å². The van der Waals surface area contributed by atoms with Crippen molar-refractivity contribution in [1.82, 2.24) is 15.2 Å². The maximum Gasteiger partial charge on any atom is 0.198 e. The topological polar surface area (TPSA) is 60.3 Å². The second kappa shape index (κ2) is 10.1. The minimum Gasteiger partial charge on any atom is -0.360 e. The fraction of sp³-hybridized carbons (Fsp3) is 0.370. The van der Waals surface area contributed by atoms with Gasteiger partial charge in [-0.05, 0) is 32.3 Å². The van der Waals surface area contributed by atoms with Gasteiger partial charge in [0, 0.05) is 73.7 Å². The van der Waals surface area contributed by atoms with Crippen LogP contribution < -0.4 is 5.32 Å². The molecule has 0 aliphatic carbocycles. The van der Waals surface area contributed by atoms with E-state index in [1.165, 1.54) is 11.1 Å². The molecule has 7 heteroatoms. The molecule has 3 aliphatic rings. The van der Waals surface area contributed by atoms with Crippen molar-refractivity contribution in [2.24, 2.45) is 16.0 Å². The molecule has 1 fully saturated rings. The second-order valence-electron chi connectivity index (χ2n) is 9.31. The Balaban J connectivity index is 0.00000274. The zero-order valence-corrected chi connectivity index (χ0v) is 24.1. The molecule has 2 aromatic carbocycles. The summed E-state index contributed by atoms with van der Waals surface area (Å²) in [5, 5.41) is 10.4. The molecule has 0 bridgehead atoms. The quantitative estimate of drug-likeness (QED) is 0.498. The number of nitrogens with zero attached hydrogens (tertiary/aromatic N) is 4. The molecule has 1 amide bonds. The van der Waals surface area contributed by atoms with E-state index in [0.29, 0.717) is 18.7 Å². The van der Waals surface area contributed by atoms with Crippen LogP contribution in [0.25, 0.3) is 5.70 Å². The SMILES string of the molecule is Cc1ccccc1C1=CC(=NC2CCN(C(=O)c3c[c-]ccc3)CC2)N2N=CC(C)C2(C)N1.[U]. The van der Waals surface area contributed by atoms with Crippen molar-refractivity contribution in [2.75, 3.05) is 13.1 Å². The molecule has 2 unspecified atom stereocenters. The van der Waals surface area contributed by atoms with Crippen molar-refractivity contribution in [3.63, 3.8) is 0 Å². The molecule has 1 saturated heterocycles. The van der Waals surface area contributed by atoms with Gasteiger partial charge in [-0.2, -0.15) is 35.4 Å². The van der Waals surface area contributed by atoms with Gasteiger partial charge in [-0.1, -0.05) is 36.8 Å². The van der Waals surface area contributed by atoms with Gasteiger partial charge in [0.15, 0.2) is 5.91 Å². The van der Waals surface area contributed by atoms with E-state index in [9.17, 15) is 4.79 Å². The number of nitrogens with one attached hydrogen (secondary N) is 1. The Labute approximate surface area is 225 Å². The van der Waals surface area contributed by atoms with Gasteiger partial charge in [-0.3, -0.25) is 9.79 Å². The Hall–Kier alpha value is -2.36. The summed E-state index contributed by atoms with van der Waals surface area (Å²) in [6.45, 7) is 7.91. The van der Waals surface area contributed by atoms with Crippen LogP contribution in [0.2, 0.25) is 0 Å². The van der Waals surface area contributed by atoms with Crippen LogP contribution in [0.4, 0.5) is 0 Å². The summed E-state index contributed by atoms with van der Waals surface area (Å²) < 4.78 is 0. The van der Waals surface area contributed by atoms with Gasteiger partial charge >= 0.3 is 0 Å². The van der Waals surface area contributed by atoms with E-state index in [1.807, 2.05) is 34.3 Å². The number of fused-ring (bicyclic) bond motifs is 1. The van der Waals surface area contributed by atoms with E-state index >= 15 is 0 Å². The molecule has 5 rings (SSSR count). The second-order valence-corrected chi connectivity index (χ2v) is 9.31. The zero-order valence-electron chi connectivity index (χ0n) is 20.0. The van der Waals surface area contributed by atoms with Crippen molar-refractivity contribution >= 4 is 23.7 Å². The molecule has 6 nitrogen and oxygen atoms in total. The smallest absolute Gasteiger partial charge is 0.198 e. The van der Waals surface area contributed by atoms with Crippen LogP contribution >= 0.6 is 0 Å². The molecule has 0 aromatic heterocycles. The van der Waals surface area contributed by atoms with Crippen LogP contribution in [-0.2, 0) is 0 Å². The third-order valence-corrected chi connectivity index (χ3v) is 7.07. The number of piperidine rings is 1. The number of amides is 1. The van der Waals surface area contributed by atoms with Crippen molar-refractivity contribution in [3.8, 4) is 0 Å². The fourth-order valence-corrected chi connectivity index (χ4v) is 4.79. The minimum atomic E-state index is -0.355. The number of carbonyl (C=O) groups is 1. The number of benzene rings is 2. The van der Waals surface area contributed by atoms with E-state index in [2.05, 4.69) is 62.5 Å². The zero-order chi connectivity index (χ0) is 23.0. The molecule has 0 saturated carbocycles. The number of hydrogen-bond acceptors (Lipinski definition) is 4. The molecule has 1 N–H and O–H groups in total. The number of carbonyl (C=O) groups excluding carboxylic acids is 1. The number of hydrazone groups is 1. The Morgan fingerprint density at radius 3 is 2.68 bits per heavy atom. The normalized spacial score (nSPS) is 25.4. The monoisotopic (exact) mass is 678 g/mol. The molecular weight excluding hydrogens is 648 g/mol. The molecule has 2 atom stereocenters. The molecule has 3 heterocycles. The third-order valence-electron chi connectivity index (χ3n) is 7.07. The van der Waals surface area contributed by atoms with Gasteiger partial charge in [0.1, 0.15) is 11.5 Å². The minimum absolute atomic E-state index is 0. The van der Waals surface area contributed by atoms with Crippen molar-refractivity contribution in [1.29, 1.82) is 0 Å². The summed E-state index contributed by atoms with van der Waals surface area (Å²) in [4.78, 5) is 19.9. The molecule has 2 aromatic rings. The number of likely N-dealkylation sites (tertiary alicyclic amines) is 1. The summed E-state index contributed by atoms with van der Waals surface area (Å²) in [5.41, 5.74) is 3.83. The summed E-state index contributed by atoms with van der Waals surface area (Å²) >= 11 is 0. The summed E-state index contributed by atoms with van der Waals surface area (Å²) in [6, 6.07) is 18.9. The van der Waals surface area contributed by atoms with Crippen LogP contribution in [-0.4, -0.2) is 52.7 Å². The standard InChI is InChI=1S/C27H30N5O.U/c1-19-9-7-8-12-23(19)24-17-25(32-27(3,30-24)20(2)18-28-32)29-22-13-15-31(16-14-22)26(33)21-10-5-4-6-11-21;/h4-5,7-12,17-18,20,22,30H,13-16H2,1-3H3;/q-1;. The van der Waals surface area contributed by atoms with Gasteiger partial charge in [-0.25, -0.2) is 5.01 Å².